The Hall–Kier alpha value is -1.07. The summed E-state index contributed by atoms with van der Waals surface area (Å²) in [6.07, 6.45) is 5.96. The number of unbranched alkanes of at least 4 members (excludes halogenated alkanes) is 1. The average Bonchev–Trinajstić information content (AvgIpc) is 2.89. The molecule has 1 unspecified atom stereocenters. The Bertz CT molecular complexity index is 502. The minimum absolute atomic E-state index is 0.173. The zero-order valence-electron chi connectivity index (χ0n) is 12.2. The van der Waals surface area contributed by atoms with E-state index >= 15 is 0 Å². The Balaban J connectivity index is 2.24. The summed E-state index contributed by atoms with van der Waals surface area (Å²) in [6.45, 7) is 4.56. The van der Waals surface area contributed by atoms with Crippen molar-refractivity contribution in [1.82, 2.24) is 15.1 Å². The minimum atomic E-state index is -0.173. The van der Waals surface area contributed by atoms with Gasteiger partial charge >= 0.3 is 0 Å². The summed E-state index contributed by atoms with van der Waals surface area (Å²) >= 11 is 6.29. The van der Waals surface area contributed by atoms with Crippen molar-refractivity contribution in [3.63, 3.8) is 0 Å². The summed E-state index contributed by atoms with van der Waals surface area (Å²) in [6, 6.07) is 0.394. The molecule has 2 heterocycles. The predicted molar refractivity (Wildman–Crippen MR) is 82.7 cm³/mol. The highest BCUT2D eigenvalue weighted by molar-refractivity contribution is 6.33. The average molecular weight is 299 g/mol. The molecule has 1 aromatic rings. The molecule has 0 saturated carbocycles. The molecule has 0 bridgehead atoms. The van der Waals surface area contributed by atoms with Crippen LogP contribution in [0.5, 0.6) is 0 Å². The van der Waals surface area contributed by atoms with Crippen LogP contribution in [0.2, 0.25) is 5.02 Å². The number of anilines is 1. The number of halogens is 1. The van der Waals surface area contributed by atoms with Crippen molar-refractivity contribution >= 4 is 17.3 Å². The first kappa shape index (κ1) is 15.3. The molecule has 1 aromatic heterocycles. The highest BCUT2D eigenvalue weighted by Crippen LogP contribution is 2.28. The predicted octanol–water partition coefficient (Wildman–Crippen LogP) is 1.89. The Kier molecular flexibility index (Phi) is 5.43. The second-order valence-electron chi connectivity index (χ2n) is 5.27. The van der Waals surface area contributed by atoms with Gasteiger partial charge in [-0.2, -0.15) is 5.10 Å². The van der Waals surface area contributed by atoms with E-state index in [-0.39, 0.29) is 5.56 Å². The van der Waals surface area contributed by atoms with Crippen molar-refractivity contribution in [3.8, 4) is 0 Å². The van der Waals surface area contributed by atoms with E-state index in [9.17, 15) is 4.79 Å². The number of hydrogen-bond donors (Lipinski definition) is 1. The fraction of sp³-hybridized carbons (Fsp3) is 0.714. The van der Waals surface area contributed by atoms with Crippen LogP contribution in [0.1, 0.15) is 32.6 Å². The molecular weight excluding hydrogens is 276 g/mol. The third-order valence-corrected chi connectivity index (χ3v) is 4.17. The fourth-order valence-electron chi connectivity index (χ4n) is 2.72. The van der Waals surface area contributed by atoms with E-state index < -0.39 is 0 Å². The van der Waals surface area contributed by atoms with E-state index in [0.717, 1.165) is 44.5 Å². The van der Waals surface area contributed by atoms with E-state index in [2.05, 4.69) is 22.2 Å². The molecule has 0 spiro atoms. The largest absolute Gasteiger partial charge is 0.365 e. The van der Waals surface area contributed by atoms with Gasteiger partial charge in [0.05, 0.1) is 11.9 Å². The first-order valence-electron chi connectivity index (χ1n) is 7.36. The molecule has 1 N–H and O–H groups in total. The first-order chi connectivity index (χ1) is 9.69. The smallest absolute Gasteiger partial charge is 0.287 e. The molecule has 2 rings (SSSR count). The van der Waals surface area contributed by atoms with Crippen LogP contribution in [0.25, 0.3) is 0 Å². The van der Waals surface area contributed by atoms with Crippen LogP contribution < -0.4 is 15.8 Å². The Morgan fingerprint density at radius 1 is 1.55 bits per heavy atom. The molecule has 0 aliphatic carbocycles. The Morgan fingerprint density at radius 2 is 2.35 bits per heavy atom. The van der Waals surface area contributed by atoms with Crippen molar-refractivity contribution in [2.45, 2.75) is 45.2 Å². The minimum Gasteiger partial charge on any atom is -0.365 e. The standard InChI is InChI=1S/C14H23ClN4O/c1-3-4-8-19-14(20)13(15)12(10-17-19)18-7-5-6-11(18)9-16-2/h10-11,16H,3-9H2,1-2H3. The van der Waals surface area contributed by atoms with E-state index in [1.54, 1.807) is 6.20 Å². The van der Waals surface area contributed by atoms with Gasteiger partial charge in [0.25, 0.3) is 5.56 Å². The van der Waals surface area contributed by atoms with E-state index in [0.29, 0.717) is 17.6 Å². The van der Waals surface area contributed by atoms with Gasteiger partial charge in [0.1, 0.15) is 5.02 Å². The monoisotopic (exact) mass is 298 g/mol. The summed E-state index contributed by atoms with van der Waals surface area (Å²) in [5.41, 5.74) is 0.606. The molecule has 112 valence electrons. The molecule has 6 heteroatoms. The lowest BCUT2D eigenvalue weighted by molar-refractivity contribution is 0.540. The van der Waals surface area contributed by atoms with Gasteiger partial charge in [0.15, 0.2) is 0 Å². The highest BCUT2D eigenvalue weighted by atomic mass is 35.5. The van der Waals surface area contributed by atoms with Gasteiger partial charge in [0.2, 0.25) is 0 Å². The number of nitrogens with one attached hydrogen (secondary N) is 1. The molecule has 1 atom stereocenters. The number of aryl methyl sites for hydroxylation is 1. The van der Waals surface area contributed by atoms with Crippen LogP contribution >= 0.6 is 11.6 Å². The second kappa shape index (κ2) is 7.09. The number of likely N-dealkylation sites (N-methyl/N-ethyl adjacent to an activating group) is 1. The van der Waals surface area contributed by atoms with E-state index in [1.807, 2.05) is 7.05 Å². The summed E-state index contributed by atoms with van der Waals surface area (Å²) in [5, 5.41) is 7.77. The molecule has 1 saturated heterocycles. The summed E-state index contributed by atoms with van der Waals surface area (Å²) < 4.78 is 1.47. The Morgan fingerprint density at radius 3 is 3.05 bits per heavy atom. The Labute approximate surface area is 124 Å². The second-order valence-corrected chi connectivity index (χ2v) is 5.65. The van der Waals surface area contributed by atoms with Crippen molar-refractivity contribution in [2.24, 2.45) is 0 Å². The van der Waals surface area contributed by atoms with Gasteiger partial charge in [-0.25, -0.2) is 4.68 Å². The van der Waals surface area contributed by atoms with Crippen LogP contribution in [0, 0.1) is 0 Å². The van der Waals surface area contributed by atoms with Crippen molar-refractivity contribution in [2.75, 3.05) is 25.0 Å². The molecule has 1 aliphatic heterocycles. The van der Waals surface area contributed by atoms with Crippen molar-refractivity contribution in [3.05, 3.63) is 21.6 Å². The number of aromatic nitrogens is 2. The summed E-state index contributed by atoms with van der Waals surface area (Å²) in [5.74, 6) is 0. The van der Waals surface area contributed by atoms with Crippen LogP contribution in [0.3, 0.4) is 0 Å². The van der Waals surface area contributed by atoms with Crippen LogP contribution in [0.15, 0.2) is 11.0 Å². The zero-order valence-corrected chi connectivity index (χ0v) is 13.0. The number of nitrogens with zero attached hydrogens (tertiary/aromatic N) is 3. The lowest BCUT2D eigenvalue weighted by atomic mass is 10.2. The molecule has 20 heavy (non-hydrogen) atoms. The highest BCUT2D eigenvalue weighted by Gasteiger charge is 2.27. The van der Waals surface area contributed by atoms with Gasteiger partial charge in [-0.3, -0.25) is 4.79 Å². The van der Waals surface area contributed by atoms with Gasteiger partial charge < -0.3 is 10.2 Å². The van der Waals surface area contributed by atoms with Crippen molar-refractivity contribution in [1.29, 1.82) is 0 Å². The number of hydrogen-bond acceptors (Lipinski definition) is 4. The maximum absolute atomic E-state index is 12.2. The third-order valence-electron chi connectivity index (χ3n) is 3.82. The van der Waals surface area contributed by atoms with E-state index in [4.69, 9.17) is 11.6 Å². The third kappa shape index (κ3) is 3.15. The molecule has 0 amide bonds. The van der Waals surface area contributed by atoms with Crippen LogP contribution in [-0.4, -0.2) is 36.0 Å². The molecule has 1 fully saturated rings. The van der Waals surface area contributed by atoms with E-state index in [1.165, 1.54) is 4.68 Å². The van der Waals surface area contributed by atoms with Crippen LogP contribution in [-0.2, 0) is 6.54 Å². The van der Waals surface area contributed by atoms with Gasteiger partial charge in [-0.05, 0) is 26.3 Å². The topological polar surface area (TPSA) is 50.2 Å². The fourth-order valence-corrected chi connectivity index (χ4v) is 2.98. The van der Waals surface area contributed by atoms with Crippen LogP contribution in [0.4, 0.5) is 5.69 Å². The normalized spacial score (nSPS) is 18.8. The SMILES string of the molecule is CCCCn1ncc(N2CCCC2CNC)c(Cl)c1=O. The lowest BCUT2D eigenvalue weighted by Gasteiger charge is -2.27. The van der Waals surface area contributed by atoms with Gasteiger partial charge in [0, 0.05) is 25.7 Å². The summed E-state index contributed by atoms with van der Waals surface area (Å²) in [7, 11) is 1.94. The van der Waals surface area contributed by atoms with Crippen molar-refractivity contribution < 1.29 is 0 Å². The molecule has 1 aliphatic rings. The zero-order chi connectivity index (χ0) is 14.5. The maximum Gasteiger partial charge on any atom is 0.287 e. The summed E-state index contributed by atoms with van der Waals surface area (Å²) in [4.78, 5) is 14.4. The molecule has 0 aromatic carbocycles. The first-order valence-corrected chi connectivity index (χ1v) is 7.73. The maximum atomic E-state index is 12.2. The van der Waals surface area contributed by atoms with Gasteiger partial charge in [-0.15, -0.1) is 0 Å². The number of rotatable bonds is 6. The quantitative estimate of drug-likeness (QED) is 0.871. The lowest BCUT2D eigenvalue weighted by Crippen LogP contribution is -2.38. The molecular formula is C14H23ClN4O. The molecule has 0 radical (unpaired) electrons. The molecule has 5 nitrogen and oxygen atoms in total. The van der Waals surface area contributed by atoms with Gasteiger partial charge in [-0.1, -0.05) is 24.9 Å².